The van der Waals surface area contributed by atoms with Gasteiger partial charge in [-0.1, -0.05) is 50.8 Å². The van der Waals surface area contributed by atoms with Crippen molar-refractivity contribution in [3.8, 4) is 11.5 Å². The van der Waals surface area contributed by atoms with Crippen molar-refractivity contribution in [2.45, 2.75) is 97.5 Å². The van der Waals surface area contributed by atoms with Crippen molar-refractivity contribution >= 4 is 5.97 Å². The van der Waals surface area contributed by atoms with Crippen LogP contribution in [0.15, 0.2) is 30.4 Å². The number of carbonyl (C=O) groups is 1. The molecule has 0 radical (unpaired) electrons. The van der Waals surface area contributed by atoms with Crippen LogP contribution >= 0.6 is 0 Å². The minimum Gasteiger partial charge on any atom is -0.507 e. The normalized spacial score (nSPS) is 16.4. The third-order valence-corrected chi connectivity index (χ3v) is 5.63. The molecule has 5 heteroatoms. The summed E-state index contributed by atoms with van der Waals surface area (Å²) in [5, 5.41) is 31.6. The smallest absolute Gasteiger partial charge is 0.342 e. The summed E-state index contributed by atoms with van der Waals surface area (Å²) < 4.78 is 5.33. The van der Waals surface area contributed by atoms with E-state index >= 15 is 0 Å². The molecule has 1 aromatic rings. The highest BCUT2D eigenvalue weighted by atomic mass is 16.5. The fraction of sp³-hybridized carbons (Fsp3) is 0.593. The number of aliphatic hydroxyl groups is 1. The van der Waals surface area contributed by atoms with E-state index in [0.717, 1.165) is 44.9 Å². The van der Waals surface area contributed by atoms with Crippen molar-refractivity contribution in [3.05, 3.63) is 47.1 Å². The molecule has 32 heavy (non-hydrogen) atoms. The third-order valence-electron chi connectivity index (χ3n) is 5.63. The van der Waals surface area contributed by atoms with Crippen LogP contribution in [0.4, 0.5) is 0 Å². The molecule has 3 N–H and O–H groups in total. The lowest BCUT2D eigenvalue weighted by molar-refractivity contribution is 0.0233. The molecule has 2 atom stereocenters. The van der Waals surface area contributed by atoms with Gasteiger partial charge in [0.2, 0.25) is 0 Å². The Morgan fingerprint density at radius 2 is 1.97 bits per heavy atom. The molecule has 0 bridgehead atoms. The van der Waals surface area contributed by atoms with Gasteiger partial charge in [0.05, 0.1) is 6.10 Å². The summed E-state index contributed by atoms with van der Waals surface area (Å²) >= 11 is 0. The lowest BCUT2D eigenvalue weighted by Crippen LogP contribution is -2.20. The number of aromatic hydroxyl groups is 2. The maximum Gasteiger partial charge on any atom is 0.342 e. The Labute approximate surface area is 193 Å². The van der Waals surface area contributed by atoms with Gasteiger partial charge in [-0.05, 0) is 64.0 Å². The van der Waals surface area contributed by atoms with Crippen LogP contribution in [-0.2, 0) is 11.2 Å². The minimum absolute atomic E-state index is 0.0347. The molecule has 5 nitrogen and oxygen atoms in total. The molecule has 2 rings (SSSR count). The highest BCUT2D eigenvalue weighted by molar-refractivity contribution is 5.95. The standard InChI is InChI=1S/C24H36O5.C3H6/c1-4-6-7-11-18-14-20(26)21(17-12-8-10-16(3)13-17)23(27)22(18)24(28)29-15-19(25)9-5-2;1-3-2/h13-14,17,19,25-27H,4-12,15H2,1-3H3;3H,1H2,2H3. The maximum absolute atomic E-state index is 12.8. The Kier molecular flexibility index (Phi) is 12.8. The zero-order chi connectivity index (χ0) is 24.1. The SMILES string of the molecule is C=CC.CCCCCc1cc(O)c(C2C=C(C)CCC2)c(O)c1C(=O)OCC(O)CCC. The first-order valence-corrected chi connectivity index (χ1v) is 12.0. The first-order valence-electron chi connectivity index (χ1n) is 12.0. The summed E-state index contributed by atoms with van der Waals surface area (Å²) in [5.41, 5.74) is 2.36. The second kappa shape index (κ2) is 14.7. The van der Waals surface area contributed by atoms with E-state index in [1.165, 1.54) is 5.57 Å². The van der Waals surface area contributed by atoms with Crippen LogP contribution < -0.4 is 0 Å². The fourth-order valence-corrected chi connectivity index (χ4v) is 4.08. The van der Waals surface area contributed by atoms with E-state index in [-0.39, 0.29) is 29.6 Å². The molecule has 1 aromatic carbocycles. The molecule has 180 valence electrons. The van der Waals surface area contributed by atoms with Crippen molar-refractivity contribution < 1.29 is 24.9 Å². The number of phenols is 2. The Bertz CT molecular complexity index is 766. The molecule has 0 heterocycles. The lowest BCUT2D eigenvalue weighted by Gasteiger charge is -2.24. The Morgan fingerprint density at radius 3 is 2.56 bits per heavy atom. The van der Waals surface area contributed by atoms with E-state index in [2.05, 4.69) is 19.6 Å². The molecule has 0 fully saturated rings. The average Bonchev–Trinajstić information content (AvgIpc) is 2.73. The van der Waals surface area contributed by atoms with Gasteiger partial charge in [-0.15, -0.1) is 6.58 Å². The predicted octanol–water partition coefficient (Wildman–Crippen LogP) is 6.55. The summed E-state index contributed by atoms with van der Waals surface area (Å²) in [6, 6.07) is 1.61. The molecule has 0 saturated carbocycles. The summed E-state index contributed by atoms with van der Waals surface area (Å²) in [6.07, 6.45) is 10.7. The summed E-state index contributed by atoms with van der Waals surface area (Å²) in [7, 11) is 0. The number of aryl methyl sites for hydroxylation is 1. The molecule has 0 spiro atoms. The van der Waals surface area contributed by atoms with Gasteiger partial charge in [0.25, 0.3) is 0 Å². The van der Waals surface area contributed by atoms with Crippen molar-refractivity contribution in [1.82, 2.24) is 0 Å². The van der Waals surface area contributed by atoms with E-state index in [1.54, 1.807) is 12.1 Å². The van der Waals surface area contributed by atoms with Crippen LogP contribution in [0.5, 0.6) is 11.5 Å². The second-order valence-corrected chi connectivity index (χ2v) is 8.61. The third kappa shape index (κ3) is 8.34. The minimum atomic E-state index is -0.713. The van der Waals surface area contributed by atoms with Crippen LogP contribution in [0.1, 0.15) is 106 Å². The molecule has 1 aliphatic carbocycles. The van der Waals surface area contributed by atoms with E-state index in [9.17, 15) is 20.1 Å². The lowest BCUT2D eigenvalue weighted by atomic mass is 9.83. The van der Waals surface area contributed by atoms with Crippen LogP contribution in [-0.4, -0.2) is 34.0 Å². The fourth-order valence-electron chi connectivity index (χ4n) is 4.08. The highest BCUT2D eigenvalue weighted by Crippen LogP contribution is 2.44. The molecule has 0 aliphatic heterocycles. The van der Waals surface area contributed by atoms with Crippen LogP contribution in [0, 0.1) is 0 Å². The number of hydrogen-bond donors (Lipinski definition) is 3. The topological polar surface area (TPSA) is 87.0 Å². The maximum atomic E-state index is 12.8. The number of esters is 1. The van der Waals surface area contributed by atoms with Gasteiger partial charge in [0, 0.05) is 11.5 Å². The van der Waals surface area contributed by atoms with Gasteiger partial charge < -0.3 is 20.1 Å². The summed E-state index contributed by atoms with van der Waals surface area (Å²) in [5.74, 6) is -0.900. The van der Waals surface area contributed by atoms with Gasteiger partial charge >= 0.3 is 5.97 Å². The zero-order valence-electron chi connectivity index (χ0n) is 20.3. The molecule has 0 aromatic heterocycles. The first kappa shape index (κ1) is 27.8. The number of allylic oxidation sites excluding steroid dienone is 3. The van der Waals surface area contributed by atoms with Crippen LogP contribution in [0.25, 0.3) is 0 Å². The summed E-state index contributed by atoms with van der Waals surface area (Å²) in [4.78, 5) is 12.8. The molecule has 0 saturated heterocycles. The number of ether oxygens (including phenoxy) is 1. The predicted molar refractivity (Wildman–Crippen MR) is 130 cm³/mol. The van der Waals surface area contributed by atoms with Crippen molar-refractivity contribution in [2.24, 2.45) is 0 Å². The monoisotopic (exact) mass is 446 g/mol. The Balaban J connectivity index is 0.00000161. The molecule has 1 aliphatic rings. The molecular formula is C27H42O5. The zero-order valence-corrected chi connectivity index (χ0v) is 20.3. The van der Waals surface area contributed by atoms with Crippen molar-refractivity contribution in [2.75, 3.05) is 6.61 Å². The van der Waals surface area contributed by atoms with Gasteiger partial charge in [-0.25, -0.2) is 4.79 Å². The average molecular weight is 447 g/mol. The number of phenolic OH excluding ortho intramolecular Hbond substituents is 2. The number of hydrogen-bond acceptors (Lipinski definition) is 5. The molecule has 0 amide bonds. The second-order valence-electron chi connectivity index (χ2n) is 8.61. The van der Waals surface area contributed by atoms with Crippen LogP contribution in [0.2, 0.25) is 0 Å². The van der Waals surface area contributed by atoms with E-state index in [0.29, 0.717) is 24.0 Å². The van der Waals surface area contributed by atoms with E-state index in [1.807, 2.05) is 20.8 Å². The highest BCUT2D eigenvalue weighted by Gasteiger charge is 2.28. The Morgan fingerprint density at radius 1 is 1.28 bits per heavy atom. The number of rotatable bonds is 10. The number of unbranched alkanes of at least 4 members (excludes halogenated alkanes) is 2. The van der Waals surface area contributed by atoms with Gasteiger partial charge in [0.1, 0.15) is 23.7 Å². The molecular weight excluding hydrogens is 404 g/mol. The Hall–Kier alpha value is -2.27. The number of benzene rings is 1. The van der Waals surface area contributed by atoms with E-state index < -0.39 is 12.1 Å². The summed E-state index contributed by atoms with van der Waals surface area (Å²) in [6.45, 7) is 11.2. The molecule has 2 unspecified atom stereocenters. The first-order chi connectivity index (χ1) is 15.3. The quantitative estimate of drug-likeness (QED) is 0.215. The van der Waals surface area contributed by atoms with Gasteiger partial charge in [-0.3, -0.25) is 0 Å². The number of carbonyl (C=O) groups excluding carboxylic acids is 1. The van der Waals surface area contributed by atoms with Gasteiger partial charge in [0.15, 0.2) is 0 Å². The van der Waals surface area contributed by atoms with Crippen molar-refractivity contribution in [3.63, 3.8) is 0 Å². The van der Waals surface area contributed by atoms with Crippen LogP contribution in [0.3, 0.4) is 0 Å². The number of aliphatic hydroxyl groups excluding tert-OH is 1. The van der Waals surface area contributed by atoms with Gasteiger partial charge in [-0.2, -0.15) is 0 Å². The van der Waals surface area contributed by atoms with Crippen molar-refractivity contribution in [1.29, 1.82) is 0 Å². The largest absolute Gasteiger partial charge is 0.507 e. The van der Waals surface area contributed by atoms with E-state index in [4.69, 9.17) is 4.74 Å².